The molecule has 2 heterocycles. The first-order valence-electron chi connectivity index (χ1n) is 9.64. The third-order valence-electron chi connectivity index (χ3n) is 5.53. The number of nitrogens with one attached hydrogen (secondary N) is 1. The number of anilines is 1. The van der Waals surface area contributed by atoms with E-state index in [9.17, 15) is 16.8 Å². The summed E-state index contributed by atoms with van der Waals surface area (Å²) < 4.78 is 52.2. The first kappa shape index (κ1) is 20.3. The maximum absolute atomic E-state index is 13.3. The average molecular weight is 436 g/mol. The molecule has 4 rings (SSSR count). The van der Waals surface area contributed by atoms with Crippen molar-refractivity contribution in [2.75, 3.05) is 43.9 Å². The Morgan fingerprint density at radius 1 is 0.862 bits per heavy atom. The maximum Gasteiger partial charge on any atom is 0.244 e. The van der Waals surface area contributed by atoms with Crippen LogP contribution in [0.15, 0.2) is 52.3 Å². The predicted octanol–water partition coefficient (Wildman–Crippen LogP) is 1.25. The molecule has 0 aliphatic carbocycles. The first-order chi connectivity index (χ1) is 13.8. The summed E-state index contributed by atoms with van der Waals surface area (Å²) in [5.74, 6) is 0. The van der Waals surface area contributed by atoms with Gasteiger partial charge in [0, 0.05) is 51.2 Å². The minimum absolute atomic E-state index is 0.149. The molecule has 0 saturated carbocycles. The molecule has 0 aromatic heterocycles. The van der Waals surface area contributed by atoms with Crippen LogP contribution < -0.4 is 10.2 Å². The van der Waals surface area contributed by atoms with E-state index in [4.69, 9.17) is 0 Å². The van der Waals surface area contributed by atoms with Crippen LogP contribution in [-0.4, -0.2) is 60.1 Å². The molecule has 1 fully saturated rings. The SMILES string of the molecule is CS(=O)(=O)c1ccccc1S(=O)(=O)N1CCc2c(cccc2N2CCNCC2)C1. The van der Waals surface area contributed by atoms with Gasteiger partial charge < -0.3 is 10.2 Å². The summed E-state index contributed by atoms with van der Waals surface area (Å²) in [5.41, 5.74) is 3.35. The van der Waals surface area contributed by atoms with Crippen molar-refractivity contribution in [3.63, 3.8) is 0 Å². The van der Waals surface area contributed by atoms with Crippen LogP contribution in [0.1, 0.15) is 11.1 Å². The van der Waals surface area contributed by atoms with E-state index < -0.39 is 19.9 Å². The summed E-state index contributed by atoms with van der Waals surface area (Å²) in [6.07, 6.45) is 1.64. The Kier molecular flexibility index (Phi) is 5.41. The molecule has 0 amide bonds. The van der Waals surface area contributed by atoms with Gasteiger partial charge in [-0.2, -0.15) is 4.31 Å². The maximum atomic E-state index is 13.3. The number of benzene rings is 2. The second-order valence-corrected chi connectivity index (χ2v) is 11.3. The van der Waals surface area contributed by atoms with Crippen molar-refractivity contribution in [2.45, 2.75) is 22.8 Å². The summed E-state index contributed by atoms with van der Waals surface area (Å²) in [7, 11) is -7.58. The van der Waals surface area contributed by atoms with Gasteiger partial charge in [0.2, 0.25) is 10.0 Å². The van der Waals surface area contributed by atoms with Crippen molar-refractivity contribution in [3.8, 4) is 0 Å². The number of piperazine rings is 1. The summed E-state index contributed by atoms with van der Waals surface area (Å²) in [6.45, 7) is 4.31. The molecule has 0 unspecified atom stereocenters. The van der Waals surface area contributed by atoms with Crippen molar-refractivity contribution in [1.82, 2.24) is 9.62 Å². The van der Waals surface area contributed by atoms with Crippen LogP contribution in [0.3, 0.4) is 0 Å². The largest absolute Gasteiger partial charge is 0.369 e. The Labute approximate surface area is 172 Å². The van der Waals surface area contributed by atoms with Crippen LogP contribution in [0.4, 0.5) is 5.69 Å². The van der Waals surface area contributed by atoms with E-state index in [1.807, 2.05) is 12.1 Å². The lowest BCUT2D eigenvalue weighted by Crippen LogP contribution is -2.44. The standard InChI is InChI=1S/C20H25N3O4S2/c1-28(24,25)19-7-2-3-8-20(19)29(26,27)23-12-9-17-16(15-23)5-4-6-18(17)22-13-10-21-11-14-22/h2-8,21H,9-15H2,1H3. The molecule has 0 radical (unpaired) electrons. The van der Waals surface area contributed by atoms with Crippen molar-refractivity contribution >= 4 is 25.5 Å². The summed E-state index contributed by atoms with van der Waals surface area (Å²) in [5, 5.41) is 3.35. The average Bonchev–Trinajstić information content (AvgIpc) is 2.73. The monoisotopic (exact) mass is 435 g/mol. The number of hydrogen-bond acceptors (Lipinski definition) is 6. The zero-order valence-corrected chi connectivity index (χ0v) is 18.0. The summed E-state index contributed by atoms with van der Waals surface area (Å²) in [4.78, 5) is 2.04. The topological polar surface area (TPSA) is 86.8 Å². The number of fused-ring (bicyclic) bond motifs is 1. The van der Waals surface area contributed by atoms with Crippen molar-refractivity contribution in [1.29, 1.82) is 0 Å². The van der Waals surface area contributed by atoms with Gasteiger partial charge in [0.15, 0.2) is 9.84 Å². The Morgan fingerprint density at radius 2 is 1.55 bits per heavy atom. The minimum Gasteiger partial charge on any atom is -0.369 e. The molecule has 2 aliphatic heterocycles. The lowest BCUT2D eigenvalue weighted by molar-refractivity contribution is 0.390. The molecule has 2 aromatic carbocycles. The van der Waals surface area contributed by atoms with E-state index in [2.05, 4.69) is 16.3 Å². The highest BCUT2D eigenvalue weighted by Crippen LogP contribution is 2.33. The number of sulfone groups is 1. The molecule has 7 nitrogen and oxygen atoms in total. The fourth-order valence-electron chi connectivity index (χ4n) is 4.08. The highest BCUT2D eigenvalue weighted by molar-refractivity contribution is 7.93. The normalized spacial score (nSPS) is 18.4. The van der Waals surface area contributed by atoms with Crippen LogP contribution in [0, 0.1) is 0 Å². The van der Waals surface area contributed by atoms with E-state index in [1.54, 1.807) is 12.1 Å². The number of rotatable bonds is 4. The molecule has 1 N–H and O–H groups in total. The molecule has 156 valence electrons. The predicted molar refractivity (Wildman–Crippen MR) is 112 cm³/mol. The molecule has 29 heavy (non-hydrogen) atoms. The van der Waals surface area contributed by atoms with E-state index >= 15 is 0 Å². The molecule has 9 heteroatoms. The summed E-state index contributed by atoms with van der Waals surface area (Å²) in [6, 6.07) is 11.9. The minimum atomic E-state index is -3.93. The summed E-state index contributed by atoms with van der Waals surface area (Å²) >= 11 is 0. The second kappa shape index (κ2) is 7.71. The zero-order chi connectivity index (χ0) is 20.6. The number of nitrogens with zero attached hydrogens (tertiary/aromatic N) is 2. The lowest BCUT2D eigenvalue weighted by atomic mass is 9.98. The first-order valence-corrected chi connectivity index (χ1v) is 13.0. The van der Waals surface area contributed by atoms with Crippen LogP contribution in [0.2, 0.25) is 0 Å². The molecule has 2 aromatic rings. The van der Waals surface area contributed by atoms with Crippen LogP contribution in [0.25, 0.3) is 0 Å². The van der Waals surface area contributed by atoms with Gasteiger partial charge in [-0.3, -0.25) is 0 Å². The van der Waals surface area contributed by atoms with Gasteiger partial charge in [-0.15, -0.1) is 0 Å². The van der Waals surface area contributed by atoms with Gasteiger partial charge in [-0.1, -0.05) is 24.3 Å². The van der Waals surface area contributed by atoms with Gasteiger partial charge in [-0.05, 0) is 35.7 Å². The third-order valence-corrected chi connectivity index (χ3v) is 8.72. The fraction of sp³-hybridized carbons (Fsp3) is 0.400. The van der Waals surface area contributed by atoms with Crippen LogP contribution >= 0.6 is 0 Å². The molecular formula is C20H25N3O4S2. The highest BCUT2D eigenvalue weighted by Gasteiger charge is 2.33. The molecule has 0 spiro atoms. The highest BCUT2D eigenvalue weighted by atomic mass is 32.2. The molecule has 0 bridgehead atoms. The Morgan fingerprint density at radius 3 is 2.24 bits per heavy atom. The van der Waals surface area contributed by atoms with E-state index in [1.165, 1.54) is 27.7 Å². The Hall–Kier alpha value is -1.94. The zero-order valence-electron chi connectivity index (χ0n) is 16.3. The van der Waals surface area contributed by atoms with Crippen LogP contribution in [0.5, 0.6) is 0 Å². The van der Waals surface area contributed by atoms with Crippen LogP contribution in [-0.2, 0) is 32.8 Å². The van der Waals surface area contributed by atoms with Crippen molar-refractivity contribution in [3.05, 3.63) is 53.6 Å². The number of sulfonamides is 1. The third kappa shape index (κ3) is 3.92. The van der Waals surface area contributed by atoms with Gasteiger partial charge in [0.25, 0.3) is 0 Å². The van der Waals surface area contributed by atoms with Crippen molar-refractivity contribution < 1.29 is 16.8 Å². The molecule has 0 atom stereocenters. The Balaban J connectivity index is 1.67. The van der Waals surface area contributed by atoms with E-state index in [-0.39, 0.29) is 16.3 Å². The van der Waals surface area contributed by atoms with Gasteiger partial charge in [-0.25, -0.2) is 16.8 Å². The quantitative estimate of drug-likeness (QED) is 0.778. The Bertz CT molecular complexity index is 1120. The number of hydrogen-bond donors (Lipinski definition) is 1. The van der Waals surface area contributed by atoms with Crippen molar-refractivity contribution in [2.24, 2.45) is 0 Å². The second-order valence-electron chi connectivity index (χ2n) is 7.46. The molecular weight excluding hydrogens is 410 g/mol. The van der Waals surface area contributed by atoms with E-state index in [0.29, 0.717) is 13.0 Å². The molecule has 2 aliphatic rings. The lowest BCUT2D eigenvalue weighted by Gasteiger charge is -2.35. The molecule has 1 saturated heterocycles. The fourth-order valence-corrected chi connectivity index (χ4v) is 7.10. The van der Waals surface area contributed by atoms with Gasteiger partial charge in [0.1, 0.15) is 4.90 Å². The van der Waals surface area contributed by atoms with Gasteiger partial charge in [0.05, 0.1) is 4.90 Å². The van der Waals surface area contributed by atoms with Gasteiger partial charge >= 0.3 is 0 Å². The van der Waals surface area contributed by atoms with E-state index in [0.717, 1.165) is 38.0 Å². The smallest absolute Gasteiger partial charge is 0.244 e.